The Morgan fingerprint density at radius 2 is 1.38 bits per heavy atom. The predicted molar refractivity (Wildman–Crippen MR) is 190 cm³/mol. The maximum Gasteiger partial charge on any atom is 0.226 e. The van der Waals surface area contributed by atoms with E-state index in [2.05, 4.69) is 104 Å². The van der Waals surface area contributed by atoms with Gasteiger partial charge in [0.05, 0.1) is 19.0 Å². The van der Waals surface area contributed by atoms with E-state index in [0.717, 1.165) is 45.7 Å². The summed E-state index contributed by atoms with van der Waals surface area (Å²) in [4.78, 5) is 24.8. The number of nitrogens with zero attached hydrogens (tertiary/aromatic N) is 4. The summed E-state index contributed by atoms with van der Waals surface area (Å²) in [5.41, 5.74) is 6.42. The molecule has 48 heavy (non-hydrogen) atoms. The lowest BCUT2D eigenvalue weighted by atomic mass is 10.0. The van der Waals surface area contributed by atoms with Gasteiger partial charge in [0.15, 0.2) is 5.82 Å². The Bertz CT molecular complexity index is 2350. The molecule has 0 bridgehead atoms. The Labute approximate surface area is 277 Å². The number of aromatic amines is 2. The van der Waals surface area contributed by atoms with Crippen molar-refractivity contribution in [3.05, 3.63) is 162 Å². The minimum atomic E-state index is -0.426. The first-order valence-corrected chi connectivity index (χ1v) is 16.4. The molecule has 0 aliphatic heterocycles. The first-order chi connectivity index (χ1) is 23.7. The largest absolute Gasteiger partial charge is 0.361 e. The maximum absolute atomic E-state index is 13.6. The molecule has 8 rings (SSSR count). The Morgan fingerprint density at radius 3 is 2.17 bits per heavy atom. The number of carbonyl (C=O) groups is 1. The SMILES string of the molecule is O=C(Cc1ccccn1)NC(Cc1c[nH]c2ccccc12)c1nnc(CCc2c[nH]c3ccccc23)n1Cc1cccc2ccccc12. The summed E-state index contributed by atoms with van der Waals surface area (Å²) in [6.45, 7) is 0.577. The zero-order chi connectivity index (χ0) is 32.3. The summed E-state index contributed by atoms with van der Waals surface area (Å²) in [5.74, 6) is 1.50. The van der Waals surface area contributed by atoms with Crippen LogP contribution < -0.4 is 5.32 Å². The van der Waals surface area contributed by atoms with Crippen LogP contribution in [0.25, 0.3) is 32.6 Å². The van der Waals surface area contributed by atoms with Crippen molar-refractivity contribution in [1.82, 2.24) is 35.0 Å². The highest BCUT2D eigenvalue weighted by atomic mass is 16.1. The molecule has 1 amide bonds. The second-order valence-corrected chi connectivity index (χ2v) is 12.2. The number of amides is 1. The van der Waals surface area contributed by atoms with E-state index in [9.17, 15) is 4.79 Å². The van der Waals surface area contributed by atoms with Crippen molar-refractivity contribution in [3.63, 3.8) is 0 Å². The molecule has 8 aromatic rings. The van der Waals surface area contributed by atoms with Gasteiger partial charge >= 0.3 is 0 Å². The van der Waals surface area contributed by atoms with Crippen molar-refractivity contribution >= 4 is 38.5 Å². The highest BCUT2D eigenvalue weighted by Crippen LogP contribution is 2.28. The van der Waals surface area contributed by atoms with Crippen molar-refractivity contribution in [2.45, 2.75) is 38.3 Å². The van der Waals surface area contributed by atoms with Gasteiger partial charge in [-0.1, -0.05) is 84.9 Å². The Hall–Kier alpha value is -6.02. The summed E-state index contributed by atoms with van der Waals surface area (Å²) in [6.07, 6.45) is 8.07. The first-order valence-electron chi connectivity index (χ1n) is 16.4. The van der Waals surface area contributed by atoms with Crippen LogP contribution in [0.3, 0.4) is 0 Å². The highest BCUT2D eigenvalue weighted by molar-refractivity contribution is 5.86. The van der Waals surface area contributed by atoms with Gasteiger partial charge in [-0.15, -0.1) is 10.2 Å². The summed E-state index contributed by atoms with van der Waals surface area (Å²) >= 11 is 0. The van der Waals surface area contributed by atoms with Crippen LogP contribution in [-0.4, -0.2) is 35.6 Å². The number of fused-ring (bicyclic) bond motifs is 3. The topological polar surface area (TPSA) is 104 Å². The lowest BCUT2D eigenvalue weighted by molar-refractivity contribution is -0.121. The fraction of sp³-hybridized carbons (Fsp3) is 0.150. The zero-order valence-corrected chi connectivity index (χ0v) is 26.4. The molecule has 8 nitrogen and oxygen atoms in total. The van der Waals surface area contributed by atoms with E-state index in [1.54, 1.807) is 6.20 Å². The molecule has 0 radical (unpaired) electrons. The second-order valence-electron chi connectivity index (χ2n) is 12.2. The molecule has 0 fully saturated rings. The summed E-state index contributed by atoms with van der Waals surface area (Å²) in [7, 11) is 0. The molecule has 0 aliphatic rings. The minimum absolute atomic E-state index is 0.112. The van der Waals surface area contributed by atoms with E-state index in [1.165, 1.54) is 27.3 Å². The van der Waals surface area contributed by atoms with Gasteiger partial charge in [0, 0.05) is 58.9 Å². The Morgan fingerprint density at radius 1 is 0.688 bits per heavy atom. The van der Waals surface area contributed by atoms with Gasteiger partial charge in [0.1, 0.15) is 5.82 Å². The minimum Gasteiger partial charge on any atom is -0.361 e. The zero-order valence-electron chi connectivity index (χ0n) is 26.4. The number of para-hydroxylation sites is 2. The third kappa shape index (κ3) is 5.96. The molecule has 4 aromatic heterocycles. The van der Waals surface area contributed by atoms with Crippen LogP contribution in [0.15, 0.2) is 128 Å². The van der Waals surface area contributed by atoms with E-state index in [4.69, 9.17) is 10.2 Å². The van der Waals surface area contributed by atoms with Crippen molar-refractivity contribution in [2.75, 3.05) is 0 Å². The Kier molecular flexibility index (Phi) is 7.96. The molecule has 4 aromatic carbocycles. The molecule has 0 spiro atoms. The number of pyridine rings is 1. The molecular weight excluding hydrogens is 594 g/mol. The number of aryl methyl sites for hydroxylation is 2. The van der Waals surface area contributed by atoms with Crippen LogP contribution in [-0.2, 0) is 37.0 Å². The number of aromatic nitrogens is 6. The Balaban J connectivity index is 1.19. The van der Waals surface area contributed by atoms with Gasteiger partial charge in [-0.05, 0) is 58.1 Å². The highest BCUT2D eigenvalue weighted by Gasteiger charge is 2.26. The third-order valence-electron chi connectivity index (χ3n) is 9.17. The number of hydrogen-bond acceptors (Lipinski definition) is 4. The van der Waals surface area contributed by atoms with Gasteiger partial charge in [-0.25, -0.2) is 0 Å². The number of nitrogens with one attached hydrogen (secondary N) is 3. The van der Waals surface area contributed by atoms with Crippen molar-refractivity contribution in [1.29, 1.82) is 0 Å². The van der Waals surface area contributed by atoms with Gasteiger partial charge in [0.25, 0.3) is 0 Å². The van der Waals surface area contributed by atoms with E-state index < -0.39 is 6.04 Å². The molecule has 8 heteroatoms. The molecule has 0 saturated heterocycles. The van der Waals surface area contributed by atoms with Gasteiger partial charge in [0.2, 0.25) is 5.91 Å². The average Bonchev–Trinajstić information content (AvgIpc) is 3.85. The van der Waals surface area contributed by atoms with Crippen LogP contribution in [0.4, 0.5) is 0 Å². The van der Waals surface area contributed by atoms with Crippen LogP contribution in [0.2, 0.25) is 0 Å². The molecular formula is C40H35N7O. The number of rotatable bonds is 11. The lowest BCUT2D eigenvalue weighted by Crippen LogP contribution is -2.33. The van der Waals surface area contributed by atoms with E-state index in [0.29, 0.717) is 19.4 Å². The van der Waals surface area contributed by atoms with Crippen LogP contribution in [0, 0.1) is 0 Å². The number of benzene rings is 4. The number of carbonyl (C=O) groups excluding carboxylic acids is 1. The van der Waals surface area contributed by atoms with Crippen LogP contribution in [0.1, 0.15) is 40.1 Å². The van der Waals surface area contributed by atoms with Crippen molar-refractivity contribution in [2.24, 2.45) is 0 Å². The molecule has 4 heterocycles. The average molecular weight is 630 g/mol. The van der Waals surface area contributed by atoms with E-state index >= 15 is 0 Å². The molecule has 236 valence electrons. The molecule has 1 atom stereocenters. The van der Waals surface area contributed by atoms with Gasteiger partial charge in [-0.2, -0.15) is 0 Å². The fourth-order valence-electron chi connectivity index (χ4n) is 6.79. The van der Waals surface area contributed by atoms with E-state index in [-0.39, 0.29) is 12.3 Å². The normalized spacial score (nSPS) is 12.2. The summed E-state index contributed by atoms with van der Waals surface area (Å²) in [5, 5.41) is 17.7. The lowest BCUT2D eigenvalue weighted by Gasteiger charge is -2.21. The summed E-state index contributed by atoms with van der Waals surface area (Å²) < 4.78 is 2.22. The smallest absolute Gasteiger partial charge is 0.226 e. The predicted octanol–water partition coefficient (Wildman–Crippen LogP) is 7.27. The molecule has 0 aliphatic carbocycles. The van der Waals surface area contributed by atoms with Crippen molar-refractivity contribution < 1.29 is 4.79 Å². The molecule has 0 saturated carbocycles. The van der Waals surface area contributed by atoms with Crippen molar-refractivity contribution in [3.8, 4) is 0 Å². The standard InChI is InChI=1S/C40H35N7O/c48-39(23-31-13-7-8-21-41-31)44-37(22-30-25-43-36-18-6-4-16-34(30)36)40-46-45-38(20-19-28-24-42-35-17-5-3-15-33(28)35)47(40)26-29-12-9-11-27-10-1-2-14-32(27)29/h1-18,21,24-25,37,42-43H,19-20,22-23,26H2,(H,44,48). The first kappa shape index (κ1) is 29.4. The third-order valence-corrected chi connectivity index (χ3v) is 9.17. The van der Waals surface area contributed by atoms with Gasteiger partial charge < -0.3 is 19.9 Å². The van der Waals surface area contributed by atoms with Crippen LogP contribution >= 0.6 is 0 Å². The van der Waals surface area contributed by atoms with Gasteiger partial charge in [-0.3, -0.25) is 9.78 Å². The molecule has 3 N–H and O–H groups in total. The summed E-state index contributed by atoms with van der Waals surface area (Å²) in [6, 6.07) is 36.7. The van der Waals surface area contributed by atoms with Crippen LogP contribution in [0.5, 0.6) is 0 Å². The maximum atomic E-state index is 13.6. The number of H-pyrrole nitrogens is 2. The van der Waals surface area contributed by atoms with E-state index in [1.807, 2.05) is 42.6 Å². The second kappa shape index (κ2) is 13.0. The quantitative estimate of drug-likeness (QED) is 0.140. The fourth-order valence-corrected chi connectivity index (χ4v) is 6.79. The monoisotopic (exact) mass is 629 g/mol. The number of hydrogen-bond donors (Lipinski definition) is 3. The molecule has 1 unspecified atom stereocenters.